The molecule has 2 rings (SSSR count). The minimum absolute atomic E-state index is 0. The van der Waals surface area contributed by atoms with Crippen LogP contribution in [0.25, 0.3) is 0 Å². The molecule has 0 aromatic rings. The molecule has 2 heterocycles. The second-order valence-electron chi connectivity index (χ2n) is 19.6. The molecule has 8 nitrogen and oxygen atoms in total. The average Bonchev–Trinajstić information content (AvgIpc) is 3.63. The summed E-state index contributed by atoms with van der Waals surface area (Å²) in [5.74, 6) is -2.36. The van der Waals surface area contributed by atoms with Gasteiger partial charge in [-0.05, 0) is 38.5 Å². The maximum Gasteiger partial charge on any atom is 2.00 e. The summed E-state index contributed by atoms with van der Waals surface area (Å²) in [4.78, 5) is 44.3. The SMILES string of the molecule is CCCC(C)(C)C1=NC(C(=O)[O-])(C(C)(C)CCC)N=C1C(C)(C)CCC.CCCC(C)(C)C1=NC(C(=O)[O-])(C(C)(C)CCC)N=C1C(C)(C)CCC.[Sr+2]. The molecule has 0 N–H and O–H groups in total. The Balaban J connectivity index is 0.00000100. The van der Waals surface area contributed by atoms with E-state index in [-0.39, 0.29) is 67.1 Å². The molecule has 9 heteroatoms. The molecule has 0 fully saturated rings. The number of rotatable bonds is 20. The zero-order valence-corrected chi connectivity index (χ0v) is 41.1. The summed E-state index contributed by atoms with van der Waals surface area (Å²) < 4.78 is 0. The van der Waals surface area contributed by atoms with E-state index in [1.807, 2.05) is 27.7 Å². The topological polar surface area (TPSA) is 130 Å². The molecule has 2 aliphatic heterocycles. The molecule has 0 atom stereocenters. The van der Waals surface area contributed by atoms with Gasteiger partial charge in [-0.2, -0.15) is 0 Å². The van der Waals surface area contributed by atoms with Gasteiger partial charge in [-0.25, -0.2) is 0 Å². The van der Waals surface area contributed by atoms with Gasteiger partial charge < -0.3 is 19.8 Å². The molecule has 2 aliphatic rings. The van der Waals surface area contributed by atoms with E-state index in [1.165, 1.54) is 0 Å². The zero-order valence-electron chi connectivity index (χ0n) is 37.6. The molecule has 53 heavy (non-hydrogen) atoms. The van der Waals surface area contributed by atoms with Crippen LogP contribution in [0.3, 0.4) is 0 Å². The van der Waals surface area contributed by atoms with Gasteiger partial charge in [0.2, 0.25) is 0 Å². The first-order valence-corrected chi connectivity index (χ1v) is 20.5. The fraction of sp³-hybridized carbons (Fsp3) is 0.864. The molecule has 0 unspecified atom stereocenters. The summed E-state index contributed by atoms with van der Waals surface area (Å²) >= 11 is 0. The van der Waals surface area contributed by atoms with Gasteiger partial charge in [0, 0.05) is 32.5 Å². The monoisotopic (exact) mass is 815 g/mol. The van der Waals surface area contributed by atoms with E-state index in [9.17, 15) is 19.8 Å². The fourth-order valence-corrected chi connectivity index (χ4v) is 8.71. The Labute approximate surface area is 362 Å². The Morgan fingerprint density at radius 3 is 0.717 bits per heavy atom. The van der Waals surface area contributed by atoms with Gasteiger partial charge in [0.15, 0.2) is 11.3 Å². The van der Waals surface area contributed by atoms with Crippen LogP contribution < -0.4 is 10.2 Å². The van der Waals surface area contributed by atoms with Gasteiger partial charge >= 0.3 is 45.5 Å². The maximum atomic E-state index is 12.4. The molecule has 0 spiro atoms. The van der Waals surface area contributed by atoms with Crippen LogP contribution in [0, 0.1) is 32.5 Å². The first kappa shape index (κ1) is 52.1. The summed E-state index contributed by atoms with van der Waals surface area (Å²) in [6.07, 6.45) is 11.1. The van der Waals surface area contributed by atoms with Crippen LogP contribution in [0.15, 0.2) is 20.0 Å². The van der Waals surface area contributed by atoms with Crippen LogP contribution in [0.5, 0.6) is 0 Å². The number of carbonyl (C=O) groups is 2. The van der Waals surface area contributed by atoms with Gasteiger partial charge in [0.1, 0.15) is 0 Å². The van der Waals surface area contributed by atoms with Gasteiger partial charge in [-0.15, -0.1) is 0 Å². The number of aliphatic imine (C=N–C) groups is 4. The van der Waals surface area contributed by atoms with E-state index in [4.69, 9.17) is 20.0 Å². The predicted octanol–water partition coefficient (Wildman–Crippen LogP) is 9.23. The largest absolute Gasteiger partial charge is 2.00 e. The van der Waals surface area contributed by atoms with Crippen LogP contribution in [-0.2, 0) is 9.59 Å². The van der Waals surface area contributed by atoms with Crippen molar-refractivity contribution in [3.8, 4) is 0 Å². The average molecular weight is 815 g/mol. The molecule has 0 aromatic heterocycles. The molecule has 0 amide bonds. The summed E-state index contributed by atoms with van der Waals surface area (Å²) in [6.45, 7) is 37.8. The fourth-order valence-electron chi connectivity index (χ4n) is 8.71. The van der Waals surface area contributed by atoms with Gasteiger partial charge in [0.05, 0.1) is 34.8 Å². The summed E-state index contributed by atoms with van der Waals surface area (Å²) in [5.41, 5.74) is -1.62. The summed E-state index contributed by atoms with van der Waals surface area (Å²) in [7, 11) is 0. The van der Waals surface area contributed by atoms with Crippen molar-refractivity contribution < 1.29 is 19.8 Å². The number of hydrogen-bond donors (Lipinski definition) is 0. The van der Waals surface area contributed by atoms with Crippen molar-refractivity contribution in [1.29, 1.82) is 0 Å². The normalized spacial score (nSPS) is 17.5. The number of carbonyl (C=O) groups excluding carboxylic acids is 2. The maximum absolute atomic E-state index is 12.4. The second-order valence-corrected chi connectivity index (χ2v) is 19.6. The molecule has 0 radical (unpaired) electrons. The number of aliphatic carboxylic acids is 2. The summed E-state index contributed by atoms with van der Waals surface area (Å²) in [6, 6.07) is 0. The van der Waals surface area contributed by atoms with E-state index >= 15 is 0 Å². The van der Waals surface area contributed by atoms with Crippen molar-refractivity contribution in [1.82, 2.24) is 0 Å². The first-order chi connectivity index (χ1) is 23.6. The van der Waals surface area contributed by atoms with Crippen LogP contribution in [-0.4, -0.2) is 91.6 Å². The molecule has 0 bridgehead atoms. The van der Waals surface area contributed by atoms with E-state index in [0.29, 0.717) is 0 Å². The standard InChI is InChI=1S/2C22H40N2O2.Sr/c2*1-10-13-19(4,5)16-17(20(6,7)14-11-2)24-22(23-16,18(25)26)21(8,9)15-12-3;/h2*10-15H2,1-9H3,(H,25,26);/q;;+2/p-2. The van der Waals surface area contributed by atoms with Crippen LogP contribution in [0.1, 0.15) is 202 Å². The Kier molecular flexibility index (Phi) is 19.2. The first-order valence-electron chi connectivity index (χ1n) is 20.5. The number of hydrogen-bond acceptors (Lipinski definition) is 8. The van der Waals surface area contributed by atoms with Crippen molar-refractivity contribution in [2.75, 3.05) is 0 Å². The third-order valence-corrected chi connectivity index (χ3v) is 11.8. The van der Waals surface area contributed by atoms with Crippen molar-refractivity contribution in [3.63, 3.8) is 0 Å². The van der Waals surface area contributed by atoms with Crippen molar-refractivity contribution in [3.05, 3.63) is 0 Å². The number of carboxylic acids is 2. The van der Waals surface area contributed by atoms with Gasteiger partial charge in [0.25, 0.3) is 0 Å². The Bertz CT molecular complexity index is 1210. The Morgan fingerprint density at radius 2 is 0.585 bits per heavy atom. The Morgan fingerprint density at radius 1 is 0.415 bits per heavy atom. The smallest absolute Gasteiger partial charge is 0.545 e. The van der Waals surface area contributed by atoms with Gasteiger partial charge in [-0.3, -0.25) is 20.0 Å². The second kappa shape index (κ2) is 19.5. The van der Waals surface area contributed by atoms with Gasteiger partial charge in [-0.1, -0.05) is 163 Å². The van der Waals surface area contributed by atoms with E-state index in [0.717, 1.165) is 99.9 Å². The molecular weight excluding hydrogens is 736 g/mol. The Hall–Kier alpha value is -0.899. The molecule has 0 saturated carbocycles. The van der Waals surface area contributed by atoms with Crippen molar-refractivity contribution in [2.45, 2.75) is 213 Å². The molecule has 300 valence electrons. The van der Waals surface area contributed by atoms with E-state index < -0.39 is 34.1 Å². The number of carboxylic acid groups (broad SMARTS) is 2. The summed E-state index contributed by atoms with van der Waals surface area (Å²) in [5, 5.41) is 24.8. The van der Waals surface area contributed by atoms with E-state index in [2.05, 4.69) is 96.9 Å². The predicted molar refractivity (Wildman–Crippen MR) is 223 cm³/mol. The molecule has 0 aromatic carbocycles. The zero-order chi connectivity index (χ0) is 40.8. The third-order valence-electron chi connectivity index (χ3n) is 11.8. The van der Waals surface area contributed by atoms with Crippen molar-refractivity contribution in [2.24, 2.45) is 52.5 Å². The molecule has 0 aliphatic carbocycles. The quantitative estimate of drug-likeness (QED) is 0.114. The molecular formula is C44H78N4O4Sr. The minimum atomic E-state index is -1.52. The van der Waals surface area contributed by atoms with Crippen LogP contribution >= 0.6 is 0 Å². The third kappa shape index (κ3) is 11.2. The number of nitrogens with zero attached hydrogens (tertiary/aromatic N) is 4. The van der Waals surface area contributed by atoms with E-state index in [1.54, 1.807) is 0 Å². The minimum Gasteiger partial charge on any atom is -0.545 e. The van der Waals surface area contributed by atoms with Crippen LogP contribution in [0.2, 0.25) is 0 Å². The van der Waals surface area contributed by atoms with Crippen molar-refractivity contribution >= 4 is 80.3 Å². The van der Waals surface area contributed by atoms with Crippen LogP contribution in [0.4, 0.5) is 0 Å². The molecule has 0 saturated heterocycles.